The summed E-state index contributed by atoms with van der Waals surface area (Å²) < 4.78 is 10.5. The molecule has 0 unspecified atom stereocenters. The van der Waals surface area contributed by atoms with Gasteiger partial charge in [0.2, 0.25) is 0 Å². The van der Waals surface area contributed by atoms with Crippen molar-refractivity contribution >= 4 is 40.8 Å². The van der Waals surface area contributed by atoms with E-state index in [0.717, 1.165) is 5.56 Å². The molecule has 34 heavy (non-hydrogen) atoms. The molecule has 0 saturated heterocycles. The van der Waals surface area contributed by atoms with Crippen LogP contribution in [-0.2, 0) is 25.6 Å². The summed E-state index contributed by atoms with van der Waals surface area (Å²) in [6.07, 6.45) is 3.14. The van der Waals surface area contributed by atoms with E-state index in [-0.39, 0.29) is 35.1 Å². The molecule has 0 spiro atoms. The van der Waals surface area contributed by atoms with E-state index in [2.05, 4.69) is 0 Å². The number of nitrogens with zero attached hydrogens (tertiary/aromatic N) is 2. The van der Waals surface area contributed by atoms with E-state index >= 15 is 0 Å². The summed E-state index contributed by atoms with van der Waals surface area (Å²) in [6.45, 7) is 3.88. The zero-order valence-electron chi connectivity index (χ0n) is 18.5. The highest BCUT2D eigenvalue weighted by atomic mass is 35.5. The van der Waals surface area contributed by atoms with Gasteiger partial charge >= 0.3 is 11.9 Å². The first-order valence-electron chi connectivity index (χ1n) is 10.5. The molecule has 8 nitrogen and oxygen atoms in total. The number of hydrogen-bond acceptors (Lipinski definition) is 7. The van der Waals surface area contributed by atoms with E-state index in [9.17, 15) is 19.7 Å². The number of ether oxygens (including phenoxy) is 2. The Kier molecular flexibility index (Phi) is 8.31. The zero-order chi connectivity index (χ0) is 24.8. The molecular formula is C24H22Cl2N2O6. The van der Waals surface area contributed by atoms with Crippen LogP contribution < -0.4 is 0 Å². The fourth-order valence-corrected chi connectivity index (χ4v) is 3.89. The molecule has 0 bridgehead atoms. The fourth-order valence-electron chi connectivity index (χ4n) is 3.58. The van der Waals surface area contributed by atoms with Crippen molar-refractivity contribution in [2.24, 2.45) is 0 Å². The molecule has 3 rings (SSSR count). The van der Waals surface area contributed by atoms with E-state index in [4.69, 9.17) is 32.7 Å². The van der Waals surface area contributed by atoms with E-state index in [1.165, 1.54) is 18.2 Å². The number of nitro benzene ring substituents is 1. The monoisotopic (exact) mass is 504 g/mol. The van der Waals surface area contributed by atoms with Gasteiger partial charge < -0.3 is 14.4 Å². The van der Waals surface area contributed by atoms with Crippen molar-refractivity contribution in [2.45, 2.75) is 26.3 Å². The summed E-state index contributed by atoms with van der Waals surface area (Å²) in [5, 5.41) is 12.0. The SMILES string of the molecule is CCOC(=O)C1=CN(Cc2ccc(Cl)cc2)C=C(C(=O)OCC)C1c1ccc(Cl)c([N+](=O)[O-])c1. The molecule has 10 heteroatoms. The van der Waals surface area contributed by atoms with Gasteiger partial charge in [0.05, 0.1) is 35.2 Å². The van der Waals surface area contributed by atoms with Gasteiger partial charge in [-0.05, 0) is 43.2 Å². The molecule has 0 N–H and O–H groups in total. The normalized spacial score (nSPS) is 13.7. The molecule has 0 aromatic heterocycles. The lowest BCUT2D eigenvalue weighted by atomic mass is 9.83. The summed E-state index contributed by atoms with van der Waals surface area (Å²) >= 11 is 11.9. The maximum atomic E-state index is 13.0. The van der Waals surface area contributed by atoms with Gasteiger partial charge in [-0.3, -0.25) is 10.1 Å². The molecule has 1 heterocycles. The number of rotatable bonds is 8. The minimum Gasteiger partial charge on any atom is -0.463 e. The Balaban J connectivity index is 2.13. The number of benzene rings is 2. The van der Waals surface area contributed by atoms with Crippen molar-refractivity contribution in [3.05, 3.63) is 97.3 Å². The molecule has 2 aromatic carbocycles. The third kappa shape index (κ3) is 5.76. The molecule has 178 valence electrons. The Bertz CT molecular complexity index is 1120. The van der Waals surface area contributed by atoms with E-state index in [1.807, 2.05) is 12.1 Å². The number of carbonyl (C=O) groups is 2. The smallest absolute Gasteiger partial charge is 0.336 e. The summed E-state index contributed by atoms with van der Waals surface area (Å²) in [5.41, 5.74) is 1.15. The first-order valence-corrected chi connectivity index (χ1v) is 11.2. The highest BCUT2D eigenvalue weighted by Crippen LogP contribution is 2.40. The largest absolute Gasteiger partial charge is 0.463 e. The molecule has 0 amide bonds. The zero-order valence-corrected chi connectivity index (χ0v) is 20.0. The van der Waals surface area contributed by atoms with Crippen molar-refractivity contribution in [1.82, 2.24) is 4.90 Å². The number of hydrogen-bond donors (Lipinski definition) is 0. The molecule has 0 fully saturated rings. The minimum atomic E-state index is -0.949. The summed E-state index contributed by atoms with van der Waals surface area (Å²) in [5.74, 6) is -2.25. The average Bonchev–Trinajstić information content (AvgIpc) is 2.80. The number of nitro groups is 1. The Morgan fingerprint density at radius 2 is 1.53 bits per heavy atom. The molecular weight excluding hydrogens is 483 g/mol. The van der Waals surface area contributed by atoms with Crippen molar-refractivity contribution in [3.8, 4) is 0 Å². The van der Waals surface area contributed by atoms with Crippen LogP contribution in [0.15, 0.2) is 66.0 Å². The second kappa shape index (κ2) is 11.2. The Morgan fingerprint density at radius 3 is 2.03 bits per heavy atom. The van der Waals surface area contributed by atoms with Crippen molar-refractivity contribution in [3.63, 3.8) is 0 Å². The van der Waals surface area contributed by atoms with Crippen LogP contribution in [0.5, 0.6) is 0 Å². The molecule has 1 aliphatic rings. The highest BCUT2D eigenvalue weighted by Gasteiger charge is 2.36. The minimum absolute atomic E-state index is 0.0581. The quantitative estimate of drug-likeness (QED) is 0.269. The van der Waals surface area contributed by atoms with Crippen molar-refractivity contribution in [1.29, 1.82) is 0 Å². The van der Waals surface area contributed by atoms with E-state index < -0.39 is 22.8 Å². The second-order valence-corrected chi connectivity index (χ2v) is 8.15. The molecule has 2 aromatic rings. The lowest BCUT2D eigenvalue weighted by Gasteiger charge is -2.30. The van der Waals surface area contributed by atoms with Crippen LogP contribution >= 0.6 is 23.2 Å². The lowest BCUT2D eigenvalue weighted by molar-refractivity contribution is -0.384. The maximum absolute atomic E-state index is 13.0. The van der Waals surface area contributed by atoms with Gasteiger partial charge in [-0.25, -0.2) is 9.59 Å². The Labute approximate surface area is 206 Å². The maximum Gasteiger partial charge on any atom is 0.336 e. The van der Waals surface area contributed by atoms with Crippen LogP contribution in [0.3, 0.4) is 0 Å². The van der Waals surface area contributed by atoms with E-state index in [0.29, 0.717) is 17.1 Å². The first-order chi connectivity index (χ1) is 16.2. The van der Waals surface area contributed by atoms with Gasteiger partial charge in [0.25, 0.3) is 5.69 Å². The third-order valence-electron chi connectivity index (χ3n) is 5.03. The van der Waals surface area contributed by atoms with Crippen LogP contribution in [0.2, 0.25) is 10.0 Å². The average molecular weight is 505 g/mol. The number of carbonyl (C=O) groups excluding carboxylic acids is 2. The molecule has 0 radical (unpaired) electrons. The summed E-state index contributed by atoms with van der Waals surface area (Å²) in [4.78, 5) is 38.4. The molecule has 1 aliphatic heterocycles. The highest BCUT2D eigenvalue weighted by molar-refractivity contribution is 6.32. The van der Waals surface area contributed by atoms with E-state index in [1.54, 1.807) is 43.3 Å². The number of halogens is 2. The molecule has 0 aliphatic carbocycles. The van der Waals surface area contributed by atoms with Gasteiger partial charge in [-0.2, -0.15) is 0 Å². The first kappa shape index (κ1) is 25.3. The summed E-state index contributed by atoms with van der Waals surface area (Å²) in [7, 11) is 0. The predicted octanol–water partition coefficient (Wildman–Crippen LogP) is 5.40. The molecule has 0 atom stereocenters. The standard InChI is InChI=1S/C24H22Cl2N2O6/c1-3-33-23(29)18-13-27(12-15-5-8-17(25)9-6-15)14-19(24(30)34-4-2)22(18)16-7-10-20(26)21(11-16)28(31)32/h5-11,13-14,22H,3-4,12H2,1-2H3. The topological polar surface area (TPSA) is 99.0 Å². The van der Waals surface area contributed by atoms with Crippen LogP contribution in [-0.4, -0.2) is 35.0 Å². The van der Waals surface area contributed by atoms with Gasteiger partial charge in [0.1, 0.15) is 5.02 Å². The van der Waals surface area contributed by atoms with Crippen LogP contribution in [0, 0.1) is 10.1 Å². The number of esters is 2. The predicted molar refractivity (Wildman–Crippen MR) is 127 cm³/mol. The van der Waals surface area contributed by atoms with Gasteiger partial charge in [0.15, 0.2) is 0 Å². The van der Waals surface area contributed by atoms with Gasteiger partial charge in [0, 0.05) is 30.0 Å². The van der Waals surface area contributed by atoms with Gasteiger partial charge in [-0.15, -0.1) is 0 Å². The van der Waals surface area contributed by atoms with Crippen molar-refractivity contribution in [2.75, 3.05) is 13.2 Å². The Hall–Kier alpha value is -3.36. The Morgan fingerprint density at radius 1 is 0.971 bits per heavy atom. The van der Waals surface area contributed by atoms with Crippen LogP contribution in [0.1, 0.15) is 30.9 Å². The van der Waals surface area contributed by atoms with Crippen LogP contribution in [0.25, 0.3) is 0 Å². The lowest BCUT2D eigenvalue weighted by Crippen LogP contribution is -2.29. The second-order valence-electron chi connectivity index (χ2n) is 7.31. The fraction of sp³-hybridized carbons (Fsp3) is 0.250. The van der Waals surface area contributed by atoms with Crippen molar-refractivity contribution < 1.29 is 24.0 Å². The third-order valence-corrected chi connectivity index (χ3v) is 5.60. The van der Waals surface area contributed by atoms with Crippen LogP contribution in [0.4, 0.5) is 5.69 Å². The van der Waals surface area contributed by atoms with Gasteiger partial charge in [-0.1, -0.05) is 41.4 Å². The summed E-state index contributed by atoms with van der Waals surface area (Å²) in [6, 6.07) is 11.3. The molecule has 0 saturated carbocycles.